The van der Waals surface area contributed by atoms with Crippen molar-refractivity contribution in [3.63, 3.8) is 0 Å². The predicted octanol–water partition coefficient (Wildman–Crippen LogP) is 5.37. The minimum absolute atomic E-state index is 0.00755. The summed E-state index contributed by atoms with van der Waals surface area (Å²) in [7, 11) is 0. The molecule has 0 aliphatic carbocycles. The van der Waals surface area contributed by atoms with Crippen molar-refractivity contribution in [2.75, 3.05) is 18.1 Å². The molecule has 2 aromatic carbocycles. The molecule has 0 radical (unpaired) electrons. The summed E-state index contributed by atoms with van der Waals surface area (Å²) in [5.74, 6) is -1.16. The van der Waals surface area contributed by atoms with Gasteiger partial charge in [0.25, 0.3) is 5.78 Å². The number of thiazole rings is 1. The molecule has 40 heavy (non-hydrogen) atoms. The van der Waals surface area contributed by atoms with Gasteiger partial charge in [0.15, 0.2) is 5.13 Å². The summed E-state index contributed by atoms with van der Waals surface area (Å²) >= 11 is 0.971. The molecule has 0 spiro atoms. The van der Waals surface area contributed by atoms with E-state index in [0.29, 0.717) is 35.6 Å². The van der Waals surface area contributed by atoms with Crippen molar-refractivity contribution < 1.29 is 33.7 Å². The van der Waals surface area contributed by atoms with Crippen LogP contribution in [0.15, 0.2) is 48.0 Å². The first-order valence-corrected chi connectivity index (χ1v) is 14.0. The van der Waals surface area contributed by atoms with E-state index in [1.165, 1.54) is 4.90 Å². The van der Waals surface area contributed by atoms with Crippen molar-refractivity contribution >= 4 is 39.9 Å². The maximum absolute atomic E-state index is 13.5. The van der Waals surface area contributed by atoms with Crippen LogP contribution in [0.4, 0.5) is 5.13 Å². The van der Waals surface area contributed by atoms with Gasteiger partial charge in [-0.05, 0) is 68.7 Å². The standard InChI is InChI=1S/C30H30N2O7S/c1-5-13-38-21-10-7-18(8-11-21)24-23(25(33)19-9-12-22-20(15-19)14-16(3)39-22)26(34)28(35)32(24)30-31-17(4)27(40-30)29(36)37-6-2/h7-12,15-16,24,33H,5-6,13-14H2,1-4H3/b25-23+. The van der Waals surface area contributed by atoms with E-state index >= 15 is 0 Å². The van der Waals surface area contributed by atoms with Crippen LogP contribution in [0.5, 0.6) is 11.5 Å². The highest BCUT2D eigenvalue weighted by atomic mass is 32.1. The van der Waals surface area contributed by atoms with Gasteiger partial charge in [-0.25, -0.2) is 9.78 Å². The first-order valence-electron chi connectivity index (χ1n) is 13.2. The Balaban J connectivity index is 1.63. The highest BCUT2D eigenvalue weighted by Crippen LogP contribution is 2.44. The summed E-state index contributed by atoms with van der Waals surface area (Å²) in [6, 6.07) is 11.3. The van der Waals surface area contributed by atoms with Crippen LogP contribution in [0.1, 0.15) is 65.3 Å². The Hall–Kier alpha value is -4.18. The summed E-state index contributed by atoms with van der Waals surface area (Å²) in [5, 5.41) is 11.7. The van der Waals surface area contributed by atoms with Gasteiger partial charge in [0.1, 0.15) is 28.2 Å². The number of ketones is 1. The fraction of sp³-hybridized carbons (Fsp3) is 0.333. The zero-order valence-corrected chi connectivity index (χ0v) is 23.5. The lowest BCUT2D eigenvalue weighted by atomic mass is 9.94. The quantitative estimate of drug-likeness (QED) is 0.169. The van der Waals surface area contributed by atoms with Crippen LogP contribution >= 0.6 is 11.3 Å². The largest absolute Gasteiger partial charge is 0.507 e. The van der Waals surface area contributed by atoms with Crippen LogP contribution in [0.25, 0.3) is 5.76 Å². The number of aryl methyl sites for hydroxylation is 1. The molecule has 2 aliphatic rings. The van der Waals surface area contributed by atoms with E-state index in [4.69, 9.17) is 14.2 Å². The average Bonchev–Trinajstić information content (AvgIpc) is 3.59. The fourth-order valence-corrected chi connectivity index (χ4v) is 5.89. The van der Waals surface area contributed by atoms with Crippen molar-refractivity contribution in [2.24, 2.45) is 0 Å². The Labute approximate surface area is 236 Å². The molecule has 5 rings (SSSR count). The lowest BCUT2D eigenvalue weighted by Crippen LogP contribution is -2.29. The second kappa shape index (κ2) is 11.1. The third kappa shape index (κ3) is 4.95. The molecule has 208 valence electrons. The number of anilines is 1. The molecule has 2 atom stereocenters. The highest BCUT2D eigenvalue weighted by molar-refractivity contribution is 7.17. The summed E-state index contributed by atoms with van der Waals surface area (Å²) in [5.41, 5.74) is 2.22. The van der Waals surface area contributed by atoms with E-state index in [2.05, 4.69) is 4.98 Å². The van der Waals surface area contributed by atoms with Crippen LogP contribution in [0.3, 0.4) is 0 Å². The van der Waals surface area contributed by atoms with Gasteiger partial charge in [-0.3, -0.25) is 14.5 Å². The summed E-state index contributed by atoms with van der Waals surface area (Å²) in [6.07, 6.45) is 1.52. The van der Waals surface area contributed by atoms with Gasteiger partial charge < -0.3 is 19.3 Å². The number of rotatable bonds is 8. The van der Waals surface area contributed by atoms with Gasteiger partial charge in [-0.15, -0.1) is 0 Å². The summed E-state index contributed by atoms with van der Waals surface area (Å²) < 4.78 is 16.6. The number of amides is 1. The van der Waals surface area contributed by atoms with Crippen molar-refractivity contribution in [1.82, 2.24) is 4.98 Å². The maximum atomic E-state index is 13.5. The number of carbonyl (C=O) groups excluding carboxylic acids is 3. The molecule has 0 saturated carbocycles. The molecule has 2 aliphatic heterocycles. The lowest BCUT2D eigenvalue weighted by molar-refractivity contribution is -0.132. The molecule has 1 amide bonds. The van der Waals surface area contributed by atoms with E-state index in [0.717, 1.165) is 29.1 Å². The maximum Gasteiger partial charge on any atom is 0.350 e. The minimum Gasteiger partial charge on any atom is -0.507 e. The molecular weight excluding hydrogens is 532 g/mol. The lowest BCUT2D eigenvalue weighted by Gasteiger charge is -2.23. The van der Waals surface area contributed by atoms with Crippen LogP contribution in [0.2, 0.25) is 0 Å². The Morgan fingerprint density at radius 3 is 2.62 bits per heavy atom. The SMILES string of the molecule is CCCOc1ccc(C2/C(=C(\O)c3ccc4c(c3)CC(C)O4)C(=O)C(=O)N2c2nc(C)c(C(=O)OCC)s2)cc1. The minimum atomic E-state index is -0.982. The average molecular weight is 563 g/mol. The van der Waals surface area contributed by atoms with E-state index in [-0.39, 0.29) is 34.1 Å². The molecule has 9 nitrogen and oxygen atoms in total. The first kappa shape index (κ1) is 27.4. The highest BCUT2D eigenvalue weighted by Gasteiger charge is 2.48. The number of ether oxygens (including phenoxy) is 3. The fourth-order valence-electron chi connectivity index (χ4n) is 4.91. The van der Waals surface area contributed by atoms with Crippen LogP contribution in [-0.4, -0.2) is 47.1 Å². The molecular formula is C30H30N2O7S. The van der Waals surface area contributed by atoms with Crippen LogP contribution in [0, 0.1) is 6.92 Å². The van der Waals surface area contributed by atoms with Gasteiger partial charge in [0, 0.05) is 12.0 Å². The third-order valence-corrected chi connectivity index (χ3v) is 7.87. The number of carbonyl (C=O) groups is 3. The Bertz CT molecular complexity index is 1510. The number of aromatic nitrogens is 1. The Morgan fingerprint density at radius 1 is 1.18 bits per heavy atom. The smallest absolute Gasteiger partial charge is 0.350 e. The van der Waals surface area contributed by atoms with Crippen molar-refractivity contribution in [2.45, 2.75) is 52.7 Å². The van der Waals surface area contributed by atoms with Crippen molar-refractivity contribution in [1.29, 1.82) is 0 Å². The van der Waals surface area contributed by atoms with E-state index in [1.807, 2.05) is 13.8 Å². The zero-order chi connectivity index (χ0) is 28.6. The molecule has 1 saturated heterocycles. The number of aliphatic hydroxyl groups is 1. The van der Waals surface area contributed by atoms with Gasteiger partial charge in [-0.1, -0.05) is 30.4 Å². The number of benzene rings is 2. The number of Topliss-reactive ketones (excluding diaryl/α,β-unsaturated/α-hetero) is 1. The molecule has 2 unspecified atom stereocenters. The number of fused-ring (bicyclic) bond motifs is 1. The number of nitrogens with zero attached hydrogens (tertiary/aromatic N) is 2. The molecule has 3 heterocycles. The zero-order valence-electron chi connectivity index (χ0n) is 22.7. The normalized spacial score (nSPS) is 19.4. The van der Waals surface area contributed by atoms with Gasteiger partial charge >= 0.3 is 11.9 Å². The number of aliphatic hydroxyl groups excluding tert-OH is 1. The predicted molar refractivity (Wildman–Crippen MR) is 150 cm³/mol. The summed E-state index contributed by atoms with van der Waals surface area (Å²) in [4.78, 5) is 45.5. The van der Waals surface area contributed by atoms with Gasteiger partial charge in [0.2, 0.25) is 0 Å². The molecule has 1 fully saturated rings. The monoisotopic (exact) mass is 562 g/mol. The van der Waals surface area contributed by atoms with Crippen LogP contribution in [-0.2, 0) is 20.7 Å². The second-order valence-corrected chi connectivity index (χ2v) is 10.7. The van der Waals surface area contributed by atoms with E-state index < -0.39 is 23.7 Å². The number of esters is 1. The molecule has 3 aromatic rings. The van der Waals surface area contributed by atoms with Crippen molar-refractivity contribution in [3.8, 4) is 11.5 Å². The van der Waals surface area contributed by atoms with Crippen LogP contribution < -0.4 is 14.4 Å². The van der Waals surface area contributed by atoms with E-state index in [9.17, 15) is 19.5 Å². The molecule has 10 heteroatoms. The molecule has 0 bridgehead atoms. The van der Waals surface area contributed by atoms with Crippen molar-refractivity contribution in [3.05, 3.63) is 75.3 Å². The number of hydrogen-bond acceptors (Lipinski definition) is 9. The topological polar surface area (TPSA) is 115 Å². The molecule has 1 N–H and O–H groups in total. The second-order valence-electron chi connectivity index (χ2n) is 9.67. The third-order valence-electron chi connectivity index (χ3n) is 6.73. The Morgan fingerprint density at radius 2 is 1.93 bits per heavy atom. The first-order chi connectivity index (χ1) is 19.2. The van der Waals surface area contributed by atoms with Gasteiger partial charge in [0.05, 0.1) is 30.5 Å². The summed E-state index contributed by atoms with van der Waals surface area (Å²) in [6.45, 7) is 8.05. The van der Waals surface area contributed by atoms with E-state index in [1.54, 1.807) is 56.3 Å². The number of hydrogen-bond donors (Lipinski definition) is 1. The molecule has 1 aromatic heterocycles. The van der Waals surface area contributed by atoms with Gasteiger partial charge in [-0.2, -0.15) is 0 Å². The Kier molecular flexibility index (Phi) is 7.62.